The van der Waals surface area contributed by atoms with Gasteiger partial charge >= 0.3 is 0 Å². The van der Waals surface area contributed by atoms with Gasteiger partial charge in [0, 0.05) is 6.42 Å². The molecule has 2 rings (SSSR count). The van der Waals surface area contributed by atoms with E-state index in [2.05, 4.69) is 11.4 Å². The van der Waals surface area contributed by atoms with E-state index in [0.717, 1.165) is 11.1 Å². The molecule has 15 heavy (non-hydrogen) atoms. The fourth-order valence-electron chi connectivity index (χ4n) is 1.70. The van der Waals surface area contributed by atoms with Gasteiger partial charge in [-0.05, 0) is 40.4 Å². The normalized spacial score (nSPS) is 12.7. The molecule has 0 aliphatic carbocycles. The first-order valence-electron chi connectivity index (χ1n) is 5.02. The number of rotatable bonds is 3. The second kappa shape index (κ2) is 4.60. The Balaban J connectivity index is 2.15. The lowest BCUT2D eigenvalue weighted by Crippen LogP contribution is -2.02. The molecule has 1 aromatic heterocycles. The lowest BCUT2D eigenvalue weighted by molar-refractivity contribution is 0.178. The highest BCUT2D eigenvalue weighted by Crippen LogP contribution is 2.22. The molecule has 0 spiro atoms. The Morgan fingerprint density at radius 3 is 2.73 bits per heavy atom. The number of aliphatic hydroxyl groups excluding tert-OH is 1. The van der Waals surface area contributed by atoms with Crippen molar-refractivity contribution in [3.63, 3.8) is 0 Å². The van der Waals surface area contributed by atoms with Gasteiger partial charge in [0.05, 0.1) is 6.10 Å². The Kier molecular flexibility index (Phi) is 3.19. The maximum absolute atomic E-state index is 10.1. The first kappa shape index (κ1) is 10.4. The van der Waals surface area contributed by atoms with Crippen molar-refractivity contribution in [1.82, 2.24) is 0 Å². The zero-order valence-corrected chi connectivity index (χ0v) is 9.50. The molecular formula is C13H14OS. The Morgan fingerprint density at radius 2 is 2.07 bits per heavy atom. The smallest absolute Gasteiger partial charge is 0.0833 e. The third kappa shape index (κ3) is 2.46. The molecule has 0 amide bonds. The third-order valence-electron chi connectivity index (χ3n) is 2.56. The van der Waals surface area contributed by atoms with E-state index in [1.807, 2.05) is 36.6 Å². The van der Waals surface area contributed by atoms with Gasteiger partial charge in [0.25, 0.3) is 0 Å². The minimum absolute atomic E-state index is 0.388. The largest absolute Gasteiger partial charge is 0.388 e. The minimum Gasteiger partial charge on any atom is -0.388 e. The molecule has 0 saturated carbocycles. The Labute approximate surface area is 94.0 Å². The number of benzene rings is 1. The lowest BCUT2D eigenvalue weighted by atomic mass is 9.99. The van der Waals surface area contributed by atoms with E-state index in [1.165, 1.54) is 5.56 Å². The van der Waals surface area contributed by atoms with Gasteiger partial charge in [-0.2, -0.15) is 11.3 Å². The summed E-state index contributed by atoms with van der Waals surface area (Å²) in [5, 5.41) is 14.2. The van der Waals surface area contributed by atoms with Crippen LogP contribution in [0.2, 0.25) is 0 Å². The van der Waals surface area contributed by atoms with Crippen LogP contribution in [0.3, 0.4) is 0 Å². The fraction of sp³-hybridized carbons (Fsp3) is 0.231. The number of hydrogen-bond acceptors (Lipinski definition) is 2. The van der Waals surface area contributed by atoms with Crippen LogP contribution in [0.25, 0.3) is 0 Å². The van der Waals surface area contributed by atoms with E-state index in [0.29, 0.717) is 6.42 Å². The van der Waals surface area contributed by atoms with Crippen molar-refractivity contribution in [2.75, 3.05) is 0 Å². The topological polar surface area (TPSA) is 20.2 Å². The molecule has 2 heteroatoms. The molecule has 1 N–H and O–H groups in total. The summed E-state index contributed by atoms with van der Waals surface area (Å²) in [4.78, 5) is 0. The molecule has 1 heterocycles. The monoisotopic (exact) mass is 218 g/mol. The first-order valence-corrected chi connectivity index (χ1v) is 5.96. The molecular weight excluding hydrogens is 204 g/mol. The van der Waals surface area contributed by atoms with E-state index in [-0.39, 0.29) is 6.10 Å². The highest BCUT2D eigenvalue weighted by Gasteiger charge is 2.10. The first-order chi connectivity index (χ1) is 7.27. The maximum Gasteiger partial charge on any atom is 0.0833 e. The van der Waals surface area contributed by atoms with Gasteiger partial charge in [0.2, 0.25) is 0 Å². The summed E-state index contributed by atoms with van der Waals surface area (Å²) in [6.07, 6.45) is 0.315. The number of thiophene rings is 1. The lowest BCUT2D eigenvalue weighted by Gasteiger charge is -2.12. The van der Waals surface area contributed by atoms with Gasteiger partial charge in [0.1, 0.15) is 0 Å². The van der Waals surface area contributed by atoms with Gasteiger partial charge in [0.15, 0.2) is 0 Å². The molecule has 0 fully saturated rings. The molecule has 0 aliphatic rings. The summed E-state index contributed by atoms with van der Waals surface area (Å²) in [6, 6.07) is 10.1. The van der Waals surface area contributed by atoms with Gasteiger partial charge < -0.3 is 5.11 Å². The van der Waals surface area contributed by atoms with Gasteiger partial charge in [-0.15, -0.1) is 0 Å². The predicted octanol–water partition coefficient (Wildman–Crippen LogP) is 3.33. The summed E-state index contributed by atoms with van der Waals surface area (Å²) in [5.74, 6) is 0. The molecule has 1 atom stereocenters. The number of aliphatic hydroxyl groups is 1. The summed E-state index contributed by atoms with van der Waals surface area (Å²) >= 11 is 1.67. The van der Waals surface area contributed by atoms with Crippen LogP contribution in [-0.2, 0) is 6.42 Å². The van der Waals surface area contributed by atoms with Crippen molar-refractivity contribution in [2.24, 2.45) is 0 Å². The van der Waals surface area contributed by atoms with Crippen molar-refractivity contribution in [3.8, 4) is 0 Å². The standard InChI is InChI=1S/C13H14OS/c1-10-4-2-3-5-12(10)13(14)8-11-6-7-15-9-11/h2-7,9,13-14H,8H2,1H3. The Hall–Kier alpha value is -1.12. The average Bonchev–Trinajstić information content (AvgIpc) is 2.71. The van der Waals surface area contributed by atoms with Crippen LogP contribution in [0, 0.1) is 6.92 Å². The predicted molar refractivity (Wildman–Crippen MR) is 64.2 cm³/mol. The zero-order valence-electron chi connectivity index (χ0n) is 8.68. The molecule has 2 aromatic rings. The molecule has 1 unspecified atom stereocenters. The van der Waals surface area contributed by atoms with E-state index in [1.54, 1.807) is 11.3 Å². The van der Waals surface area contributed by atoms with Crippen LogP contribution < -0.4 is 0 Å². The second-order valence-electron chi connectivity index (χ2n) is 3.71. The zero-order chi connectivity index (χ0) is 10.7. The number of hydrogen-bond donors (Lipinski definition) is 1. The van der Waals surface area contributed by atoms with Crippen LogP contribution >= 0.6 is 11.3 Å². The van der Waals surface area contributed by atoms with Gasteiger partial charge in [-0.1, -0.05) is 24.3 Å². The number of aryl methyl sites for hydroxylation is 1. The van der Waals surface area contributed by atoms with Crippen LogP contribution in [-0.4, -0.2) is 5.11 Å². The second-order valence-corrected chi connectivity index (χ2v) is 4.49. The molecule has 78 valence electrons. The summed E-state index contributed by atoms with van der Waals surface area (Å²) in [7, 11) is 0. The molecule has 0 aliphatic heterocycles. The van der Waals surface area contributed by atoms with Crippen molar-refractivity contribution >= 4 is 11.3 Å². The Morgan fingerprint density at radius 1 is 1.27 bits per heavy atom. The van der Waals surface area contributed by atoms with E-state index >= 15 is 0 Å². The van der Waals surface area contributed by atoms with E-state index in [4.69, 9.17) is 0 Å². The average molecular weight is 218 g/mol. The highest BCUT2D eigenvalue weighted by atomic mass is 32.1. The highest BCUT2D eigenvalue weighted by molar-refractivity contribution is 7.07. The van der Waals surface area contributed by atoms with Crippen molar-refractivity contribution < 1.29 is 5.11 Å². The molecule has 0 bridgehead atoms. The fourth-order valence-corrected chi connectivity index (χ4v) is 2.38. The van der Waals surface area contributed by atoms with E-state index < -0.39 is 0 Å². The summed E-state index contributed by atoms with van der Waals surface area (Å²) in [5.41, 5.74) is 3.39. The summed E-state index contributed by atoms with van der Waals surface area (Å²) < 4.78 is 0. The van der Waals surface area contributed by atoms with Gasteiger partial charge in [-0.3, -0.25) is 0 Å². The third-order valence-corrected chi connectivity index (χ3v) is 3.29. The van der Waals surface area contributed by atoms with Crippen LogP contribution in [0.4, 0.5) is 0 Å². The molecule has 1 nitrogen and oxygen atoms in total. The maximum atomic E-state index is 10.1. The SMILES string of the molecule is Cc1ccccc1C(O)Cc1ccsc1. The Bertz CT molecular complexity index is 420. The van der Waals surface area contributed by atoms with Crippen molar-refractivity contribution in [1.29, 1.82) is 0 Å². The molecule has 0 saturated heterocycles. The van der Waals surface area contributed by atoms with Crippen molar-refractivity contribution in [2.45, 2.75) is 19.4 Å². The minimum atomic E-state index is -0.388. The quantitative estimate of drug-likeness (QED) is 0.837. The molecule has 0 radical (unpaired) electrons. The van der Waals surface area contributed by atoms with Gasteiger partial charge in [-0.25, -0.2) is 0 Å². The van der Waals surface area contributed by atoms with Crippen LogP contribution in [0.15, 0.2) is 41.1 Å². The molecule has 1 aromatic carbocycles. The van der Waals surface area contributed by atoms with Crippen LogP contribution in [0.5, 0.6) is 0 Å². The van der Waals surface area contributed by atoms with E-state index in [9.17, 15) is 5.11 Å². The van der Waals surface area contributed by atoms with Crippen LogP contribution in [0.1, 0.15) is 22.8 Å². The summed E-state index contributed by atoms with van der Waals surface area (Å²) in [6.45, 7) is 2.03. The van der Waals surface area contributed by atoms with Crippen molar-refractivity contribution in [3.05, 3.63) is 57.8 Å².